The number of rotatable bonds is 7. The molecular weight excluding hydrogens is 356 g/mol. The normalized spacial score (nSPS) is 43.9. The second kappa shape index (κ2) is 8.39. The van der Waals surface area contributed by atoms with Gasteiger partial charge in [-0.2, -0.15) is 0 Å². The standard InChI is InChI=1S/C27H44O2/c1-19(2)7-5-6-8-20-10-12-24-23-11-9-21-17-22(29-18-28)13-15-27(21,4)25(23)14-16-26(20,24)3/h9,18-20,22-25H,5-8,10-17H2,1-4H3. The SMILES string of the molecule is CC(C)CCCCC1CCC2C3CC=C4CC(OC=O)CCC4(C)C3CCC12C. The predicted molar refractivity (Wildman–Crippen MR) is 119 cm³/mol. The zero-order chi connectivity index (χ0) is 20.6. The molecule has 0 aromatic carbocycles. The molecule has 0 aliphatic heterocycles. The van der Waals surface area contributed by atoms with Gasteiger partial charge in [0.25, 0.3) is 6.47 Å². The lowest BCUT2D eigenvalue weighted by Gasteiger charge is -2.58. The Morgan fingerprint density at radius 1 is 1.10 bits per heavy atom. The van der Waals surface area contributed by atoms with Crippen molar-refractivity contribution in [2.75, 3.05) is 0 Å². The number of fused-ring (bicyclic) bond motifs is 5. The van der Waals surface area contributed by atoms with Crippen LogP contribution in [0.25, 0.3) is 0 Å². The molecule has 0 saturated heterocycles. The molecule has 0 amide bonds. The third-order valence-electron chi connectivity index (χ3n) is 10.1. The Hall–Kier alpha value is -0.790. The summed E-state index contributed by atoms with van der Waals surface area (Å²) in [6.07, 6.45) is 18.8. The largest absolute Gasteiger partial charge is 0.464 e. The fraction of sp³-hybridized carbons (Fsp3) is 0.889. The van der Waals surface area contributed by atoms with Crippen LogP contribution in [-0.2, 0) is 9.53 Å². The van der Waals surface area contributed by atoms with Crippen LogP contribution < -0.4 is 0 Å². The molecule has 4 rings (SSSR count). The third kappa shape index (κ3) is 3.83. The van der Waals surface area contributed by atoms with Gasteiger partial charge >= 0.3 is 0 Å². The molecule has 2 nitrogen and oxygen atoms in total. The van der Waals surface area contributed by atoms with Gasteiger partial charge in [-0.15, -0.1) is 0 Å². The summed E-state index contributed by atoms with van der Waals surface area (Å²) < 4.78 is 5.35. The monoisotopic (exact) mass is 400 g/mol. The van der Waals surface area contributed by atoms with Crippen LogP contribution in [0.15, 0.2) is 11.6 Å². The molecule has 4 aliphatic rings. The van der Waals surface area contributed by atoms with Crippen molar-refractivity contribution >= 4 is 6.47 Å². The van der Waals surface area contributed by atoms with Crippen LogP contribution in [0.3, 0.4) is 0 Å². The zero-order valence-corrected chi connectivity index (χ0v) is 19.4. The highest BCUT2D eigenvalue weighted by Gasteiger charge is 2.58. The summed E-state index contributed by atoms with van der Waals surface area (Å²) in [5.74, 6) is 4.52. The van der Waals surface area contributed by atoms with Gasteiger partial charge in [-0.1, -0.05) is 58.6 Å². The zero-order valence-electron chi connectivity index (χ0n) is 19.4. The molecule has 3 fully saturated rings. The van der Waals surface area contributed by atoms with Crippen molar-refractivity contribution in [3.8, 4) is 0 Å². The molecule has 0 aromatic rings. The van der Waals surface area contributed by atoms with Gasteiger partial charge in [0.1, 0.15) is 6.10 Å². The summed E-state index contributed by atoms with van der Waals surface area (Å²) in [5, 5.41) is 0. The number of hydrogen-bond donors (Lipinski definition) is 0. The first-order chi connectivity index (χ1) is 13.9. The molecule has 0 N–H and O–H groups in total. The number of ether oxygens (including phenoxy) is 1. The number of carbonyl (C=O) groups is 1. The summed E-state index contributed by atoms with van der Waals surface area (Å²) in [6, 6.07) is 0. The molecular formula is C27H44O2. The molecule has 2 heteroatoms. The fourth-order valence-electron chi connectivity index (χ4n) is 8.35. The Labute approximate surface area is 179 Å². The third-order valence-corrected chi connectivity index (χ3v) is 10.1. The average Bonchev–Trinajstić information content (AvgIpc) is 3.02. The molecule has 3 saturated carbocycles. The average molecular weight is 401 g/mol. The highest BCUT2D eigenvalue weighted by Crippen LogP contribution is 2.66. The molecule has 0 aromatic heterocycles. The van der Waals surface area contributed by atoms with E-state index in [0.717, 1.165) is 42.4 Å². The first-order valence-corrected chi connectivity index (χ1v) is 12.7. The Bertz CT molecular complexity index is 622. The summed E-state index contributed by atoms with van der Waals surface area (Å²) in [4.78, 5) is 10.8. The first-order valence-electron chi connectivity index (χ1n) is 12.7. The van der Waals surface area contributed by atoms with Crippen LogP contribution in [-0.4, -0.2) is 12.6 Å². The summed E-state index contributed by atoms with van der Waals surface area (Å²) in [7, 11) is 0. The van der Waals surface area contributed by atoms with Crippen LogP contribution in [0.4, 0.5) is 0 Å². The Morgan fingerprint density at radius 2 is 1.93 bits per heavy atom. The van der Waals surface area contributed by atoms with Gasteiger partial charge in [-0.05, 0) is 91.8 Å². The maximum absolute atomic E-state index is 10.8. The maximum atomic E-state index is 10.8. The second-order valence-corrected chi connectivity index (χ2v) is 11.9. The molecule has 0 bridgehead atoms. The van der Waals surface area contributed by atoms with E-state index in [1.54, 1.807) is 5.57 Å². The highest BCUT2D eigenvalue weighted by atomic mass is 16.5. The van der Waals surface area contributed by atoms with Gasteiger partial charge < -0.3 is 4.74 Å². The van der Waals surface area contributed by atoms with E-state index in [4.69, 9.17) is 4.74 Å². The van der Waals surface area contributed by atoms with Gasteiger partial charge in [0.05, 0.1) is 0 Å². The topological polar surface area (TPSA) is 26.3 Å². The quantitative estimate of drug-likeness (QED) is 0.254. The number of carbonyl (C=O) groups excluding carboxylic acids is 1. The summed E-state index contributed by atoms with van der Waals surface area (Å²) in [6.45, 7) is 10.6. The van der Waals surface area contributed by atoms with Crippen LogP contribution in [0, 0.1) is 40.4 Å². The number of hydrogen-bond acceptors (Lipinski definition) is 2. The summed E-state index contributed by atoms with van der Waals surface area (Å²) in [5.41, 5.74) is 2.57. The molecule has 0 heterocycles. The molecule has 7 atom stereocenters. The van der Waals surface area contributed by atoms with Crippen molar-refractivity contribution in [2.45, 2.75) is 111 Å². The van der Waals surface area contributed by atoms with Gasteiger partial charge in [-0.25, -0.2) is 0 Å². The van der Waals surface area contributed by atoms with Crippen LogP contribution >= 0.6 is 0 Å². The van der Waals surface area contributed by atoms with Gasteiger partial charge in [0.2, 0.25) is 0 Å². The van der Waals surface area contributed by atoms with E-state index in [9.17, 15) is 4.79 Å². The van der Waals surface area contributed by atoms with Gasteiger partial charge in [0.15, 0.2) is 0 Å². The molecule has 29 heavy (non-hydrogen) atoms. The molecule has 0 spiro atoms. The van der Waals surface area contributed by atoms with Crippen molar-refractivity contribution in [3.63, 3.8) is 0 Å². The molecule has 164 valence electrons. The highest BCUT2D eigenvalue weighted by molar-refractivity contribution is 5.38. The molecule has 4 aliphatic carbocycles. The maximum Gasteiger partial charge on any atom is 0.293 e. The van der Waals surface area contributed by atoms with E-state index >= 15 is 0 Å². The predicted octanol–water partition coefficient (Wildman–Crippen LogP) is 7.32. The van der Waals surface area contributed by atoms with Crippen LogP contribution in [0.5, 0.6) is 0 Å². The van der Waals surface area contributed by atoms with Gasteiger partial charge in [-0.3, -0.25) is 4.79 Å². The smallest absolute Gasteiger partial charge is 0.293 e. The minimum Gasteiger partial charge on any atom is -0.464 e. The van der Waals surface area contributed by atoms with E-state index in [1.807, 2.05) is 0 Å². The van der Waals surface area contributed by atoms with E-state index in [-0.39, 0.29) is 6.10 Å². The molecule has 7 unspecified atom stereocenters. The van der Waals surface area contributed by atoms with E-state index in [0.29, 0.717) is 17.3 Å². The van der Waals surface area contributed by atoms with Crippen molar-refractivity contribution in [1.82, 2.24) is 0 Å². The first kappa shape index (κ1) is 21.4. The van der Waals surface area contributed by atoms with E-state index in [2.05, 4.69) is 33.8 Å². The van der Waals surface area contributed by atoms with E-state index < -0.39 is 0 Å². The Kier molecular flexibility index (Phi) is 6.20. The van der Waals surface area contributed by atoms with Crippen molar-refractivity contribution in [3.05, 3.63) is 11.6 Å². The van der Waals surface area contributed by atoms with Crippen LogP contribution in [0.1, 0.15) is 105 Å². The van der Waals surface area contributed by atoms with Gasteiger partial charge in [0, 0.05) is 6.42 Å². The lowest BCUT2D eigenvalue weighted by molar-refractivity contribution is -0.136. The number of allylic oxidation sites excluding steroid dienone is 1. The minimum absolute atomic E-state index is 0.124. The lowest BCUT2D eigenvalue weighted by atomic mass is 9.47. The molecule has 0 radical (unpaired) electrons. The van der Waals surface area contributed by atoms with Crippen molar-refractivity contribution in [1.29, 1.82) is 0 Å². The Balaban J connectivity index is 1.44. The fourth-order valence-corrected chi connectivity index (χ4v) is 8.35. The van der Waals surface area contributed by atoms with Crippen molar-refractivity contribution < 1.29 is 9.53 Å². The lowest BCUT2D eigenvalue weighted by Crippen LogP contribution is -2.50. The minimum atomic E-state index is 0.124. The second-order valence-electron chi connectivity index (χ2n) is 11.9. The van der Waals surface area contributed by atoms with E-state index in [1.165, 1.54) is 64.2 Å². The summed E-state index contributed by atoms with van der Waals surface area (Å²) >= 11 is 0. The number of unbranched alkanes of at least 4 members (excludes halogenated alkanes) is 1. The Morgan fingerprint density at radius 3 is 2.69 bits per heavy atom. The van der Waals surface area contributed by atoms with Crippen molar-refractivity contribution in [2.24, 2.45) is 40.4 Å². The van der Waals surface area contributed by atoms with Crippen LogP contribution in [0.2, 0.25) is 0 Å².